The summed E-state index contributed by atoms with van der Waals surface area (Å²) in [7, 11) is 0. The van der Waals surface area contributed by atoms with Gasteiger partial charge >= 0.3 is 0 Å². The molecule has 0 fully saturated rings. The summed E-state index contributed by atoms with van der Waals surface area (Å²) >= 11 is 0. The van der Waals surface area contributed by atoms with Gasteiger partial charge in [-0.25, -0.2) is 0 Å². The average molecular weight is 337 g/mol. The van der Waals surface area contributed by atoms with E-state index in [0.29, 0.717) is 6.17 Å². The highest BCUT2D eigenvalue weighted by atomic mass is 15.4. The Morgan fingerprint density at radius 3 is 1.38 bits per heavy atom. The molecular weight excluding hydrogens is 292 g/mol. The van der Waals surface area contributed by atoms with E-state index in [2.05, 4.69) is 43.0 Å². The first-order valence-corrected chi connectivity index (χ1v) is 11.0. The second kappa shape index (κ2) is 14.7. The molecule has 1 rings (SSSR count). The van der Waals surface area contributed by atoms with Crippen molar-refractivity contribution in [2.75, 3.05) is 13.1 Å². The Morgan fingerprint density at radius 1 is 0.542 bits per heavy atom. The standard InChI is InChI=1S/C22H44N2/c1-4-7-9-10-11-12-13-14-15-17-19-24-21-20-23(22(24)6-3)18-16-8-5-2/h20-22H,4-19H2,1-3H3. The van der Waals surface area contributed by atoms with Crippen LogP contribution in [0.2, 0.25) is 0 Å². The highest BCUT2D eigenvalue weighted by molar-refractivity contribution is 4.96. The highest BCUT2D eigenvalue weighted by Gasteiger charge is 2.23. The minimum atomic E-state index is 0.625. The molecule has 1 unspecified atom stereocenters. The van der Waals surface area contributed by atoms with Crippen molar-refractivity contribution in [3.8, 4) is 0 Å². The molecule has 0 radical (unpaired) electrons. The monoisotopic (exact) mass is 336 g/mol. The molecule has 1 atom stereocenters. The molecule has 0 aliphatic carbocycles. The van der Waals surface area contributed by atoms with E-state index >= 15 is 0 Å². The molecule has 0 amide bonds. The molecule has 1 heterocycles. The maximum absolute atomic E-state index is 2.58. The Balaban J connectivity index is 2.01. The molecule has 0 spiro atoms. The summed E-state index contributed by atoms with van der Waals surface area (Å²) < 4.78 is 0. The maximum atomic E-state index is 2.58. The van der Waals surface area contributed by atoms with Gasteiger partial charge in [-0.15, -0.1) is 0 Å². The fourth-order valence-electron chi connectivity index (χ4n) is 3.80. The predicted octanol–water partition coefficient (Wildman–Crippen LogP) is 6.92. The Kier molecular flexibility index (Phi) is 13.1. The first-order valence-electron chi connectivity index (χ1n) is 11.0. The van der Waals surface area contributed by atoms with Crippen molar-refractivity contribution in [2.45, 2.75) is 117 Å². The minimum Gasteiger partial charge on any atom is -0.356 e. The van der Waals surface area contributed by atoms with Gasteiger partial charge in [0.2, 0.25) is 0 Å². The molecule has 0 saturated carbocycles. The van der Waals surface area contributed by atoms with Gasteiger partial charge in [-0.2, -0.15) is 0 Å². The second-order valence-electron chi connectivity index (χ2n) is 7.55. The third-order valence-electron chi connectivity index (χ3n) is 5.37. The lowest BCUT2D eigenvalue weighted by Gasteiger charge is -2.32. The second-order valence-corrected chi connectivity index (χ2v) is 7.55. The smallest absolute Gasteiger partial charge is 0.100 e. The summed E-state index contributed by atoms with van der Waals surface area (Å²) in [5.41, 5.74) is 0. The summed E-state index contributed by atoms with van der Waals surface area (Å²) in [6.45, 7) is 9.39. The van der Waals surface area contributed by atoms with E-state index in [1.165, 1.54) is 103 Å². The molecule has 2 nitrogen and oxygen atoms in total. The predicted molar refractivity (Wildman–Crippen MR) is 108 cm³/mol. The van der Waals surface area contributed by atoms with Gasteiger partial charge in [-0.05, 0) is 19.3 Å². The lowest BCUT2D eigenvalue weighted by atomic mass is 10.1. The molecule has 0 aromatic heterocycles. The van der Waals surface area contributed by atoms with Crippen LogP contribution in [-0.4, -0.2) is 29.1 Å². The molecule has 1 aliphatic heterocycles. The highest BCUT2D eigenvalue weighted by Crippen LogP contribution is 2.20. The summed E-state index contributed by atoms with van der Waals surface area (Å²) in [5, 5.41) is 0. The first kappa shape index (κ1) is 21.4. The third kappa shape index (κ3) is 8.99. The largest absolute Gasteiger partial charge is 0.356 e. The van der Waals surface area contributed by atoms with Crippen LogP contribution in [0.4, 0.5) is 0 Å². The number of hydrogen-bond acceptors (Lipinski definition) is 2. The van der Waals surface area contributed by atoms with Gasteiger partial charge < -0.3 is 9.80 Å². The zero-order valence-corrected chi connectivity index (χ0v) is 16.9. The van der Waals surface area contributed by atoms with E-state index in [1.54, 1.807) is 0 Å². The topological polar surface area (TPSA) is 6.48 Å². The van der Waals surface area contributed by atoms with E-state index in [1.807, 2.05) is 0 Å². The number of nitrogens with zero attached hydrogens (tertiary/aromatic N) is 2. The van der Waals surface area contributed by atoms with E-state index in [9.17, 15) is 0 Å². The summed E-state index contributed by atoms with van der Waals surface area (Å²) in [4.78, 5) is 5.14. The van der Waals surface area contributed by atoms with E-state index in [0.717, 1.165) is 0 Å². The van der Waals surface area contributed by atoms with Crippen LogP contribution in [0.25, 0.3) is 0 Å². The van der Waals surface area contributed by atoms with E-state index < -0.39 is 0 Å². The van der Waals surface area contributed by atoms with Crippen LogP contribution in [0.1, 0.15) is 111 Å². The molecule has 0 bridgehead atoms. The van der Waals surface area contributed by atoms with Gasteiger partial charge in [0.25, 0.3) is 0 Å². The molecule has 0 aromatic rings. The quantitative estimate of drug-likeness (QED) is 0.282. The van der Waals surface area contributed by atoms with Crippen molar-refractivity contribution in [1.82, 2.24) is 9.80 Å². The van der Waals surface area contributed by atoms with Crippen molar-refractivity contribution in [3.05, 3.63) is 12.4 Å². The molecule has 0 aromatic carbocycles. The first-order chi connectivity index (χ1) is 11.8. The van der Waals surface area contributed by atoms with Crippen molar-refractivity contribution in [1.29, 1.82) is 0 Å². The summed E-state index contributed by atoms with van der Waals surface area (Å²) in [5.74, 6) is 0. The third-order valence-corrected chi connectivity index (χ3v) is 5.37. The lowest BCUT2D eigenvalue weighted by molar-refractivity contribution is 0.144. The zero-order valence-electron chi connectivity index (χ0n) is 16.9. The van der Waals surface area contributed by atoms with Crippen molar-refractivity contribution >= 4 is 0 Å². The molecule has 2 heteroatoms. The number of unbranched alkanes of at least 4 members (excludes halogenated alkanes) is 11. The molecule has 142 valence electrons. The fourth-order valence-corrected chi connectivity index (χ4v) is 3.80. The van der Waals surface area contributed by atoms with Gasteiger partial charge in [-0.1, -0.05) is 91.4 Å². The van der Waals surface area contributed by atoms with Gasteiger partial charge in [-0.3, -0.25) is 0 Å². The average Bonchev–Trinajstić information content (AvgIpc) is 2.98. The van der Waals surface area contributed by atoms with Crippen LogP contribution in [0, 0.1) is 0 Å². The maximum Gasteiger partial charge on any atom is 0.100 e. The van der Waals surface area contributed by atoms with Gasteiger partial charge in [0.1, 0.15) is 6.17 Å². The number of hydrogen-bond donors (Lipinski definition) is 0. The normalized spacial score (nSPS) is 17.2. The Bertz CT molecular complexity index is 300. The molecular formula is C22H44N2. The Labute approximate surface area is 152 Å². The summed E-state index contributed by atoms with van der Waals surface area (Å²) in [6, 6.07) is 0. The Morgan fingerprint density at radius 2 is 0.917 bits per heavy atom. The SMILES string of the molecule is CCCCCCCCCCCCN1C=CN(CCCCC)C1CC. The molecule has 24 heavy (non-hydrogen) atoms. The Hall–Kier alpha value is -0.660. The fraction of sp³-hybridized carbons (Fsp3) is 0.909. The van der Waals surface area contributed by atoms with Crippen molar-refractivity contribution in [3.63, 3.8) is 0 Å². The van der Waals surface area contributed by atoms with Crippen LogP contribution >= 0.6 is 0 Å². The van der Waals surface area contributed by atoms with Gasteiger partial charge in [0.05, 0.1) is 0 Å². The van der Waals surface area contributed by atoms with Crippen LogP contribution in [0.3, 0.4) is 0 Å². The molecule has 0 N–H and O–H groups in total. The van der Waals surface area contributed by atoms with Crippen LogP contribution < -0.4 is 0 Å². The van der Waals surface area contributed by atoms with Crippen molar-refractivity contribution < 1.29 is 0 Å². The van der Waals surface area contributed by atoms with Crippen LogP contribution in [0.15, 0.2) is 12.4 Å². The summed E-state index contributed by atoms with van der Waals surface area (Å²) in [6.07, 6.45) is 24.8. The van der Waals surface area contributed by atoms with Crippen molar-refractivity contribution in [2.24, 2.45) is 0 Å². The minimum absolute atomic E-state index is 0.625. The molecule has 0 saturated heterocycles. The number of rotatable bonds is 16. The van der Waals surface area contributed by atoms with Crippen LogP contribution in [0.5, 0.6) is 0 Å². The van der Waals surface area contributed by atoms with Crippen LogP contribution in [-0.2, 0) is 0 Å². The van der Waals surface area contributed by atoms with E-state index in [4.69, 9.17) is 0 Å². The van der Waals surface area contributed by atoms with E-state index in [-0.39, 0.29) is 0 Å². The molecule has 1 aliphatic rings. The van der Waals surface area contributed by atoms with Gasteiger partial charge in [0.15, 0.2) is 0 Å². The lowest BCUT2D eigenvalue weighted by Crippen LogP contribution is -2.38. The zero-order chi connectivity index (χ0) is 17.5. The van der Waals surface area contributed by atoms with Gasteiger partial charge in [0, 0.05) is 25.5 Å².